The molecule has 1 aliphatic rings. The first-order valence-corrected chi connectivity index (χ1v) is 6.09. The highest BCUT2D eigenvalue weighted by molar-refractivity contribution is 9.10. The molecule has 0 aliphatic carbocycles. The Morgan fingerprint density at radius 1 is 1.60 bits per heavy atom. The van der Waals surface area contributed by atoms with Gasteiger partial charge in [0.15, 0.2) is 0 Å². The van der Waals surface area contributed by atoms with Crippen LogP contribution in [0.3, 0.4) is 0 Å². The van der Waals surface area contributed by atoms with Gasteiger partial charge in [-0.25, -0.2) is 0 Å². The first kappa shape index (κ1) is 10.9. The van der Waals surface area contributed by atoms with E-state index >= 15 is 0 Å². The van der Waals surface area contributed by atoms with Gasteiger partial charge in [0.1, 0.15) is 0 Å². The van der Waals surface area contributed by atoms with E-state index in [1.807, 2.05) is 12.4 Å². The van der Waals surface area contributed by atoms with E-state index < -0.39 is 0 Å². The van der Waals surface area contributed by atoms with E-state index in [9.17, 15) is 0 Å². The number of hydrogen-bond acceptors (Lipinski definition) is 3. The zero-order valence-electron chi connectivity index (χ0n) is 8.86. The van der Waals surface area contributed by atoms with E-state index in [4.69, 9.17) is 5.73 Å². The van der Waals surface area contributed by atoms with Crippen molar-refractivity contribution in [1.29, 1.82) is 0 Å². The third kappa shape index (κ3) is 2.32. The highest BCUT2D eigenvalue weighted by atomic mass is 79.9. The molecule has 82 valence electrons. The van der Waals surface area contributed by atoms with Crippen LogP contribution in [0.4, 0.5) is 5.69 Å². The second-order valence-corrected chi connectivity index (χ2v) is 5.01. The van der Waals surface area contributed by atoms with E-state index in [0.29, 0.717) is 12.1 Å². The van der Waals surface area contributed by atoms with Gasteiger partial charge in [0.05, 0.1) is 10.2 Å². The number of pyridine rings is 1. The lowest BCUT2D eigenvalue weighted by Crippen LogP contribution is -2.45. The van der Waals surface area contributed by atoms with Gasteiger partial charge in [0.2, 0.25) is 0 Å². The number of nitrogens with zero attached hydrogens (tertiary/aromatic N) is 2. The molecule has 3 nitrogen and oxygen atoms in total. The summed E-state index contributed by atoms with van der Waals surface area (Å²) in [6.07, 6.45) is 5.81. The Hall–Kier alpha value is -0.610. The first-order valence-electron chi connectivity index (χ1n) is 5.30. The van der Waals surface area contributed by atoms with Crippen LogP contribution < -0.4 is 10.6 Å². The van der Waals surface area contributed by atoms with Crippen LogP contribution >= 0.6 is 15.9 Å². The van der Waals surface area contributed by atoms with Crippen LogP contribution in [-0.4, -0.2) is 23.6 Å². The summed E-state index contributed by atoms with van der Waals surface area (Å²) in [5, 5.41) is 0. The van der Waals surface area contributed by atoms with E-state index in [0.717, 1.165) is 23.9 Å². The van der Waals surface area contributed by atoms with Crippen molar-refractivity contribution in [2.24, 2.45) is 5.73 Å². The molecule has 0 bridgehead atoms. The highest BCUT2D eigenvalue weighted by Gasteiger charge is 2.24. The average molecular weight is 270 g/mol. The number of rotatable bonds is 1. The molecule has 0 saturated carbocycles. The first-order chi connectivity index (χ1) is 7.18. The fourth-order valence-corrected chi connectivity index (χ4v) is 2.65. The smallest absolute Gasteiger partial charge is 0.0592 e. The molecule has 2 atom stereocenters. The van der Waals surface area contributed by atoms with E-state index in [-0.39, 0.29) is 0 Å². The molecule has 15 heavy (non-hydrogen) atoms. The standard InChI is InChI=1S/C11H16BrN3/c1-8-6-9(13)3-5-15(8)11-2-4-14-7-10(11)12/h2,4,7-9H,3,5-6,13H2,1H3. The fraction of sp³-hybridized carbons (Fsp3) is 0.545. The largest absolute Gasteiger partial charge is 0.368 e. The van der Waals surface area contributed by atoms with Crippen LogP contribution in [0.1, 0.15) is 19.8 Å². The van der Waals surface area contributed by atoms with Gasteiger partial charge >= 0.3 is 0 Å². The molecule has 1 saturated heterocycles. The minimum absolute atomic E-state index is 0.358. The molecule has 2 N–H and O–H groups in total. The van der Waals surface area contributed by atoms with Gasteiger partial charge in [-0.05, 0) is 41.8 Å². The van der Waals surface area contributed by atoms with Crippen molar-refractivity contribution in [3.63, 3.8) is 0 Å². The zero-order valence-corrected chi connectivity index (χ0v) is 10.4. The summed E-state index contributed by atoms with van der Waals surface area (Å²) in [4.78, 5) is 6.48. The Morgan fingerprint density at radius 2 is 2.40 bits per heavy atom. The molecule has 1 aliphatic heterocycles. The summed E-state index contributed by atoms with van der Waals surface area (Å²) in [5.41, 5.74) is 7.18. The number of hydrogen-bond donors (Lipinski definition) is 1. The molecule has 0 spiro atoms. The van der Waals surface area contributed by atoms with Gasteiger partial charge < -0.3 is 10.6 Å². The Morgan fingerprint density at radius 3 is 3.07 bits per heavy atom. The van der Waals surface area contributed by atoms with Crippen LogP contribution in [0.5, 0.6) is 0 Å². The summed E-state index contributed by atoms with van der Waals surface area (Å²) < 4.78 is 1.06. The molecule has 0 radical (unpaired) electrons. The summed E-state index contributed by atoms with van der Waals surface area (Å²) >= 11 is 3.54. The van der Waals surface area contributed by atoms with E-state index in [1.54, 1.807) is 0 Å². The van der Waals surface area contributed by atoms with Gasteiger partial charge in [-0.2, -0.15) is 0 Å². The van der Waals surface area contributed by atoms with Crippen molar-refractivity contribution in [2.45, 2.75) is 31.8 Å². The SMILES string of the molecule is CC1CC(N)CCN1c1ccncc1Br. The van der Waals surface area contributed by atoms with E-state index in [1.165, 1.54) is 5.69 Å². The molecule has 1 aromatic rings. The average Bonchev–Trinajstić information content (AvgIpc) is 2.20. The number of nitrogens with two attached hydrogens (primary N) is 1. The maximum absolute atomic E-state index is 5.95. The molecule has 1 fully saturated rings. The molecule has 4 heteroatoms. The summed E-state index contributed by atoms with van der Waals surface area (Å²) in [5.74, 6) is 0. The number of anilines is 1. The van der Waals surface area contributed by atoms with Crippen molar-refractivity contribution in [2.75, 3.05) is 11.4 Å². The number of halogens is 1. The Labute approximate surface area is 98.8 Å². The normalized spacial score (nSPS) is 26.7. The lowest BCUT2D eigenvalue weighted by molar-refractivity contribution is 0.429. The Kier molecular flexibility index (Phi) is 3.26. The lowest BCUT2D eigenvalue weighted by atomic mass is 9.98. The molecule has 0 amide bonds. The molecule has 1 aromatic heterocycles. The van der Waals surface area contributed by atoms with Gasteiger partial charge in [-0.3, -0.25) is 4.98 Å². The quantitative estimate of drug-likeness (QED) is 0.850. The monoisotopic (exact) mass is 269 g/mol. The molecular formula is C11H16BrN3. The van der Waals surface area contributed by atoms with Gasteiger partial charge in [0.25, 0.3) is 0 Å². The summed E-state index contributed by atoms with van der Waals surface area (Å²) in [6, 6.07) is 2.92. The minimum atomic E-state index is 0.358. The van der Waals surface area contributed by atoms with Crippen LogP contribution in [0.15, 0.2) is 22.9 Å². The van der Waals surface area contributed by atoms with Crippen molar-refractivity contribution in [3.8, 4) is 0 Å². The zero-order chi connectivity index (χ0) is 10.8. The van der Waals surface area contributed by atoms with Crippen LogP contribution in [0.2, 0.25) is 0 Å². The van der Waals surface area contributed by atoms with Crippen molar-refractivity contribution in [3.05, 3.63) is 22.9 Å². The summed E-state index contributed by atoms with van der Waals surface area (Å²) in [6.45, 7) is 3.26. The lowest BCUT2D eigenvalue weighted by Gasteiger charge is -2.38. The number of aromatic nitrogens is 1. The minimum Gasteiger partial charge on any atom is -0.368 e. The third-order valence-corrected chi connectivity index (χ3v) is 3.59. The highest BCUT2D eigenvalue weighted by Crippen LogP contribution is 2.29. The molecular weight excluding hydrogens is 254 g/mol. The number of piperidine rings is 1. The van der Waals surface area contributed by atoms with Crippen LogP contribution in [-0.2, 0) is 0 Å². The predicted molar refractivity (Wildman–Crippen MR) is 66.0 cm³/mol. The van der Waals surface area contributed by atoms with Gasteiger partial charge in [0, 0.05) is 31.0 Å². The molecule has 2 heterocycles. The molecule has 0 aromatic carbocycles. The second-order valence-electron chi connectivity index (χ2n) is 4.15. The fourth-order valence-electron chi connectivity index (χ4n) is 2.17. The topological polar surface area (TPSA) is 42.1 Å². The maximum atomic E-state index is 5.95. The molecule has 2 unspecified atom stereocenters. The Bertz CT molecular complexity index is 342. The van der Waals surface area contributed by atoms with Crippen LogP contribution in [0, 0.1) is 0 Å². The van der Waals surface area contributed by atoms with Crippen molar-refractivity contribution >= 4 is 21.6 Å². The second kappa shape index (κ2) is 4.49. The maximum Gasteiger partial charge on any atom is 0.0592 e. The third-order valence-electron chi connectivity index (χ3n) is 2.98. The van der Waals surface area contributed by atoms with E-state index in [2.05, 4.69) is 38.8 Å². The summed E-state index contributed by atoms with van der Waals surface area (Å²) in [7, 11) is 0. The van der Waals surface area contributed by atoms with Crippen LogP contribution in [0.25, 0.3) is 0 Å². The van der Waals surface area contributed by atoms with Gasteiger partial charge in [-0.15, -0.1) is 0 Å². The molecule has 2 rings (SSSR count). The van der Waals surface area contributed by atoms with Crippen molar-refractivity contribution < 1.29 is 0 Å². The predicted octanol–water partition coefficient (Wildman–Crippen LogP) is 2.16. The van der Waals surface area contributed by atoms with Crippen molar-refractivity contribution in [1.82, 2.24) is 4.98 Å². The van der Waals surface area contributed by atoms with Gasteiger partial charge in [-0.1, -0.05) is 0 Å². The Balaban J connectivity index is 2.20.